The van der Waals surface area contributed by atoms with Crippen molar-refractivity contribution in [3.05, 3.63) is 29.8 Å². The fourth-order valence-electron chi connectivity index (χ4n) is 1.44. The summed E-state index contributed by atoms with van der Waals surface area (Å²) in [5.74, 6) is 0. The van der Waals surface area contributed by atoms with Crippen LogP contribution in [-0.2, 0) is 6.54 Å². The monoisotopic (exact) mass is 257 g/mol. The van der Waals surface area contributed by atoms with Crippen LogP contribution in [0.4, 0.5) is 10.5 Å². The van der Waals surface area contributed by atoms with Crippen LogP contribution in [0.2, 0.25) is 0 Å². The van der Waals surface area contributed by atoms with Gasteiger partial charge in [0, 0.05) is 25.3 Å². The number of anilines is 1. The smallest absolute Gasteiger partial charge is 0.321 e. The summed E-state index contributed by atoms with van der Waals surface area (Å²) >= 11 is 0. The van der Waals surface area contributed by atoms with Gasteiger partial charge in [-0.1, -0.05) is 12.1 Å². The zero-order valence-corrected chi connectivity index (χ0v) is 11.1. The minimum atomic E-state index is -0.0644. The predicted molar refractivity (Wildman–Crippen MR) is 73.5 cm³/mol. The molecule has 1 aromatic rings. The van der Waals surface area contributed by atoms with E-state index in [4.69, 9.17) is 5.73 Å². The van der Waals surface area contributed by atoms with Gasteiger partial charge in [0.1, 0.15) is 0 Å². The Labute approximate surface area is 109 Å². The first-order valence-corrected chi connectivity index (χ1v) is 5.56. The number of nitrogens with two attached hydrogens (primary N) is 1. The number of hydrogen-bond donors (Lipinski definition) is 2. The molecule has 0 radical (unpaired) electrons. The van der Waals surface area contributed by atoms with E-state index in [9.17, 15) is 4.79 Å². The summed E-state index contributed by atoms with van der Waals surface area (Å²) in [7, 11) is 0. The average Bonchev–Trinajstić information content (AvgIpc) is 2.31. The van der Waals surface area contributed by atoms with E-state index in [1.165, 1.54) is 0 Å². The summed E-state index contributed by atoms with van der Waals surface area (Å²) in [5, 5.41) is 2.84. The Morgan fingerprint density at radius 1 is 1.24 bits per heavy atom. The molecule has 0 aromatic heterocycles. The number of amides is 2. The van der Waals surface area contributed by atoms with E-state index < -0.39 is 0 Å². The fourth-order valence-corrected chi connectivity index (χ4v) is 1.44. The minimum Gasteiger partial charge on any atom is -0.326 e. The topological polar surface area (TPSA) is 58.4 Å². The maximum Gasteiger partial charge on any atom is 0.321 e. The number of carbonyl (C=O) groups is 1. The van der Waals surface area contributed by atoms with Gasteiger partial charge in [-0.15, -0.1) is 12.4 Å². The molecule has 0 saturated carbocycles. The highest BCUT2D eigenvalue weighted by Crippen LogP contribution is 2.09. The van der Waals surface area contributed by atoms with E-state index >= 15 is 0 Å². The van der Waals surface area contributed by atoms with Crippen molar-refractivity contribution in [2.45, 2.75) is 20.4 Å². The SMILES string of the molecule is CCN(CC)C(=O)Nc1ccc(CN)cc1.Cl. The van der Waals surface area contributed by atoms with Gasteiger partial charge in [0.15, 0.2) is 0 Å². The number of benzene rings is 1. The summed E-state index contributed by atoms with van der Waals surface area (Å²) in [6.07, 6.45) is 0. The lowest BCUT2D eigenvalue weighted by Crippen LogP contribution is -2.34. The van der Waals surface area contributed by atoms with Gasteiger partial charge in [-0.05, 0) is 31.5 Å². The third kappa shape index (κ3) is 4.63. The molecule has 3 N–H and O–H groups in total. The second-order valence-electron chi connectivity index (χ2n) is 3.50. The standard InChI is InChI=1S/C12H19N3O.ClH/c1-3-15(4-2)12(16)14-11-7-5-10(9-13)6-8-11;/h5-8H,3-4,9,13H2,1-2H3,(H,14,16);1H. The molecule has 0 aliphatic carbocycles. The molecule has 1 rings (SSSR count). The first-order chi connectivity index (χ1) is 7.71. The van der Waals surface area contributed by atoms with Crippen LogP contribution in [0, 0.1) is 0 Å². The van der Waals surface area contributed by atoms with E-state index in [0.29, 0.717) is 19.6 Å². The lowest BCUT2D eigenvalue weighted by Gasteiger charge is -2.19. The Morgan fingerprint density at radius 3 is 2.18 bits per heavy atom. The van der Waals surface area contributed by atoms with Gasteiger partial charge in [0.2, 0.25) is 0 Å². The molecule has 17 heavy (non-hydrogen) atoms. The third-order valence-corrected chi connectivity index (χ3v) is 2.49. The highest BCUT2D eigenvalue weighted by Gasteiger charge is 2.08. The molecule has 96 valence electrons. The molecular formula is C12H20ClN3O. The van der Waals surface area contributed by atoms with Crippen molar-refractivity contribution in [1.29, 1.82) is 0 Å². The van der Waals surface area contributed by atoms with Gasteiger partial charge in [-0.3, -0.25) is 0 Å². The average molecular weight is 258 g/mol. The summed E-state index contributed by atoms with van der Waals surface area (Å²) in [4.78, 5) is 13.5. The highest BCUT2D eigenvalue weighted by atomic mass is 35.5. The number of carbonyl (C=O) groups excluding carboxylic acids is 1. The summed E-state index contributed by atoms with van der Waals surface area (Å²) in [5.41, 5.74) is 7.35. The molecule has 2 amide bonds. The van der Waals surface area contributed by atoms with Gasteiger partial charge < -0.3 is 16.0 Å². The van der Waals surface area contributed by atoms with Gasteiger partial charge >= 0.3 is 6.03 Å². The number of hydrogen-bond acceptors (Lipinski definition) is 2. The molecular weight excluding hydrogens is 238 g/mol. The second-order valence-corrected chi connectivity index (χ2v) is 3.50. The van der Waals surface area contributed by atoms with Crippen LogP contribution >= 0.6 is 12.4 Å². The lowest BCUT2D eigenvalue weighted by molar-refractivity contribution is 0.217. The minimum absolute atomic E-state index is 0. The normalized spacial score (nSPS) is 9.35. The van der Waals surface area contributed by atoms with Crippen molar-refractivity contribution < 1.29 is 4.79 Å². The molecule has 0 spiro atoms. The molecule has 1 aromatic carbocycles. The molecule has 0 atom stereocenters. The number of nitrogens with one attached hydrogen (secondary N) is 1. The predicted octanol–water partition coefficient (Wildman–Crippen LogP) is 2.44. The largest absolute Gasteiger partial charge is 0.326 e. The van der Waals surface area contributed by atoms with Gasteiger partial charge in [-0.25, -0.2) is 4.79 Å². The van der Waals surface area contributed by atoms with Crippen molar-refractivity contribution in [2.75, 3.05) is 18.4 Å². The molecule has 0 aliphatic rings. The molecule has 0 aliphatic heterocycles. The van der Waals surface area contributed by atoms with E-state index in [0.717, 1.165) is 11.3 Å². The molecule has 0 heterocycles. The number of rotatable bonds is 4. The number of halogens is 1. The molecule has 0 saturated heterocycles. The van der Waals surface area contributed by atoms with Crippen LogP contribution in [0.1, 0.15) is 19.4 Å². The first-order valence-electron chi connectivity index (χ1n) is 5.56. The van der Waals surface area contributed by atoms with Crippen molar-refractivity contribution in [3.63, 3.8) is 0 Å². The Morgan fingerprint density at radius 2 is 1.76 bits per heavy atom. The molecule has 0 fully saturated rings. The zero-order chi connectivity index (χ0) is 12.0. The van der Waals surface area contributed by atoms with Crippen molar-refractivity contribution >= 4 is 24.1 Å². The van der Waals surface area contributed by atoms with Crippen LogP contribution in [0.15, 0.2) is 24.3 Å². The number of urea groups is 1. The third-order valence-electron chi connectivity index (χ3n) is 2.49. The molecule has 0 bridgehead atoms. The van der Waals surface area contributed by atoms with Crippen molar-refractivity contribution in [2.24, 2.45) is 5.73 Å². The molecule has 5 heteroatoms. The van der Waals surface area contributed by atoms with Crippen LogP contribution in [-0.4, -0.2) is 24.0 Å². The second kappa shape index (κ2) is 7.92. The van der Waals surface area contributed by atoms with E-state index in [-0.39, 0.29) is 18.4 Å². The maximum absolute atomic E-state index is 11.7. The zero-order valence-electron chi connectivity index (χ0n) is 10.3. The Hall–Kier alpha value is -1.26. The Bertz CT molecular complexity index is 336. The first kappa shape index (κ1) is 15.7. The van der Waals surface area contributed by atoms with E-state index in [2.05, 4.69) is 5.32 Å². The number of nitrogens with zero attached hydrogens (tertiary/aromatic N) is 1. The summed E-state index contributed by atoms with van der Waals surface area (Å²) in [6, 6.07) is 7.49. The maximum atomic E-state index is 11.7. The van der Waals surface area contributed by atoms with Gasteiger partial charge in [0.05, 0.1) is 0 Å². The quantitative estimate of drug-likeness (QED) is 0.871. The van der Waals surface area contributed by atoms with Crippen molar-refractivity contribution in [1.82, 2.24) is 4.90 Å². The lowest BCUT2D eigenvalue weighted by atomic mass is 10.2. The van der Waals surface area contributed by atoms with Crippen LogP contribution in [0.5, 0.6) is 0 Å². The Kier molecular flexibility index (Phi) is 7.34. The van der Waals surface area contributed by atoms with Crippen LogP contribution in [0.3, 0.4) is 0 Å². The summed E-state index contributed by atoms with van der Waals surface area (Å²) < 4.78 is 0. The van der Waals surface area contributed by atoms with Crippen LogP contribution < -0.4 is 11.1 Å². The summed E-state index contributed by atoms with van der Waals surface area (Å²) in [6.45, 7) is 5.86. The van der Waals surface area contributed by atoms with Crippen molar-refractivity contribution in [3.8, 4) is 0 Å². The van der Waals surface area contributed by atoms with Gasteiger partial charge in [-0.2, -0.15) is 0 Å². The van der Waals surface area contributed by atoms with E-state index in [1.54, 1.807) is 4.90 Å². The highest BCUT2D eigenvalue weighted by molar-refractivity contribution is 5.89. The van der Waals surface area contributed by atoms with Gasteiger partial charge in [0.25, 0.3) is 0 Å². The fraction of sp³-hybridized carbons (Fsp3) is 0.417. The van der Waals surface area contributed by atoms with Crippen LogP contribution in [0.25, 0.3) is 0 Å². The molecule has 0 unspecified atom stereocenters. The Balaban J connectivity index is 0.00000256. The van der Waals surface area contributed by atoms with E-state index in [1.807, 2.05) is 38.1 Å². The molecule has 4 nitrogen and oxygen atoms in total.